The number of anilines is 1. The van der Waals surface area contributed by atoms with Crippen molar-refractivity contribution in [2.45, 2.75) is 12.8 Å². The first kappa shape index (κ1) is 26.0. The Morgan fingerprint density at radius 2 is 1.73 bits per heavy atom. The number of methoxy groups -OCH3 is 1. The second-order valence-electron chi connectivity index (χ2n) is 8.95. The average molecular weight is 506 g/mol. The number of carbonyl (C=O) groups excluding carboxylic acids is 2. The van der Waals surface area contributed by atoms with E-state index in [1.807, 2.05) is 0 Å². The van der Waals surface area contributed by atoms with Gasteiger partial charge in [-0.2, -0.15) is 0 Å². The van der Waals surface area contributed by atoms with Crippen LogP contribution in [0.4, 0.5) is 15.8 Å². The van der Waals surface area contributed by atoms with Gasteiger partial charge in [0.1, 0.15) is 11.6 Å². The van der Waals surface area contributed by atoms with Crippen LogP contribution in [0.15, 0.2) is 72.8 Å². The molecule has 0 aromatic heterocycles. The van der Waals surface area contributed by atoms with E-state index >= 15 is 0 Å². The monoisotopic (exact) mass is 505 g/mol. The first-order chi connectivity index (χ1) is 17.9. The third-order valence-corrected chi connectivity index (χ3v) is 6.64. The van der Waals surface area contributed by atoms with E-state index in [0.717, 1.165) is 0 Å². The van der Waals surface area contributed by atoms with Crippen LogP contribution in [-0.4, -0.2) is 54.8 Å². The van der Waals surface area contributed by atoms with Gasteiger partial charge in [0.15, 0.2) is 5.78 Å². The van der Waals surface area contributed by atoms with Gasteiger partial charge in [-0.3, -0.25) is 19.7 Å². The minimum atomic E-state index is -0.524. The number of nitrogens with zero attached hydrogens (tertiary/aromatic N) is 3. The lowest BCUT2D eigenvalue weighted by molar-refractivity contribution is -0.384. The van der Waals surface area contributed by atoms with Crippen molar-refractivity contribution < 1.29 is 23.6 Å². The van der Waals surface area contributed by atoms with Gasteiger partial charge >= 0.3 is 0 Å². The van der Waals surface area contributed by atoms with Crippen molar-refractivity contribution in [2.75, 3.05) is 38.2 Å². The number of non-ortho nitro benzene ring substituents is 1. The van der Waals surface area contributed by atoms with Crippen LogP contribution >= 0.6 is 0 Å². The summed E-state index contributed by atoms with van der Waals surface area (Å²) in [5.41, 5.74) is 1.22. The average Bonchev–Trinajstić information content (AvgIpc) is 2.93. The quantitative estimate of drug-likeness (QED) is 0.231. The Kier molecular flexibility index (Phi) is 8.25. The second-order valence-corrected chi connectivity index (χ2v) is 8.95. The first-order valence-electron chi connectivity index (χ1n) is 12.1. The predicted octanol–water partition coefficient (Wildman–Crippen LogP) is 4.98. The summed E-state index contributed by atoms with van der Waals surface area (Å²) in [7, 11) is 1.54. The molecule has 0 aliphatic carbocycles. The van der Waals surface area contributed by atoms with Crippen LogP contribution in [-0.2, 0) is 0 Å². The largest absolute Gasteiger partial charge is 0.497 e. The van der Waals surface area contributed by atoms with Gasteiger partial charge in [-0.25, -0.2) is 4.39 Å². The zero-order valence-electron chi connectivity index (χ0n) is 20.5. The number of hydrogen-bond acceptors (Lipinski definition) is 6. The molecule has 192 valence electrons. The molecule has 1 aliphatic heterocycles. The number of ketones is 1. The molecule has 0 spiro atoms. The summed E-state index contributed by atoms with van der Waals surface area (Å²) in [4.78, 5) is 40.8. The van der Waals surface area contributed by atoms with Gasteiger partial charge in [0, 0.05) is 54.0 Å². The summed E-state index contributed by atoms with van der Waals surface area (Å²) in [6, 6.07) is 18.5. The van der Waals surface area contributed by atoms with Crippen molar-refractivity contribution in [3.05, 3.63) is 99.9 Å². The number of likely N-dealkylation sites (tertiary alicyclic amines) is 1. The highest BCUT2D eigenvalue weighted by molar-refractivity contribution is 6.06. The number of halogens is 1. The number of rotatable bonds is 9. The van der Waals surface area contributed by atoms with Crippen LogP contribution < -0.4 is 9.64 Å². The molecular formula is C28H28FN3O5. The normalized spacial score (nSPS) is 14.2. The van der Waals surface area contributed by atoms with Gasteiger partial charge in [-0.05, 0) is 68.4 Å². The first-order valence-corrected chi connectivity index (χ1v) is 12.1. The number of carbonyl (C=O) groups is 2. The lowest BCUT2D eigenvalue weighted by Crippen LogP contribution is -2.42. The summed E-state index contributed by atoms with van der Waals surface area (Å²) in [6.45, 7) is 2.30. The molecule has 4 rings (SSSR count). The highest BCUT2D eigenvalue weighted by atomic mass is 19.1. The van der Waals surface area contributed by atoms with Crippen LogP contribution in [0.2, 0.25) is 0 Å². The summed E-state index contributed by atoms with van der Waals surface area (Å²) in [5.74, 6) is -0.222. The van der Waals surface area contributed by atoms with E-state index in [1.165, 1.54) is 42.5 Å². The second kappa shape index (κ2) is 11.7. The molecule has 1 aliphatic rings. The fourth-order valence-electron chi connectivity index (χ4n) is 4.54. The van der Waals surface area contributed by atoms with Crippen molar-refractivity contribution in [1.29, 1.82) is 0 Å². The van der Waals surface area contributed by atoms with E-state index in [1.54, 1.807) is 42.3 Å². The van der Waals surface area contributed by atoms with Crippen molar-refractivity contribution in [2.24, 2.45) is 5.92 Å². The zero-order chi connectivity index (χ0) is 26.4. The maximum Gasteiger partial charge on any atom is 0.270 e. The van der Waals surface area contributed by atoms with Gasteiger partial charge in [0.2, 0.25) is 0 Å². The van der Waals surface area contributed by atoms with E-state index in [-0.39, 0.29) is 34.7 Å². The maximum absolute atomic E-state index is 13.5. The van der Waals surface area contributed by atoms with Crippen molar-refractivity contribution in [3.63, 3.8) is 0 Å². The maximum atomic E-state index is 13.5. The van der Waals surface area contributed by atoms with Gasteiger partial charge in [0.25, 0.3) is 11.6 Å². The molecule has 0 atom stereocenters. The summed E-state index contributed by atoms with van der Waals surface area (Å²) >= 11 is 0. The van der Waals surface area contributed by atoms with Crippen LogP contribution in [0.25, 0.3) is 0 Å². The number of ether oxygens (including phenoxy) is 1. The number of hydrogen-bond donors (Lipinski definition) is 0. The zero-order valence-corrected chi connectivity index (χ0v) is 20.5. The molecule has 1 heterocycles. The smallest absolute Gasteiger partial charge is 0.270 e. The fourth-order valence-corrected chi connectivity index (χ4v) is 4.54. The van der Waals surface area contributed by atoms with Crippen LogP contribution in [0, 0.1) is 21.8 Å². The Morgan fingerprint density at radius 1 is 1.03 bits per heavy atom. The van der Waals surface area contributed by atoms with Crippen molar-refractivity contribution in [3.8, 4) is 5.75 Å². The Labute approximate surface area is 214 Å². The molecule has 0 bridgehead atoms. The molecule has 0 radical (unpaired) electrons. The molecule has 1 amide bonds. The molecule has 3 aromatic carbocycles. The number of amides is 1. The van der Waals surface area contributed by atoms with Crippen LogP contribution in [0.5, 0.6) is 5.75 Å². The Morgan fingerprint density at radius 3 is 2.41 bits per heavy atom. The van der Waals surface area contributed by atoms with E-state index < -0.39 is 4.92 Å². The molecule has 8 nitrogen and oxygen atoms in total. The van der Waals surface area contributed by atoms with Gasteiger partial charge in [-0.1, -0.05) is 12.1 Å². The molecule has 0 unspecified atom stereocenters. The fraction of sp³-hybridized carbons (Fsp3) is 0.286. The van der Waals surface area contributed by atoms with E-state index in [9.17, 15) is 24.1 Å². The summed E-state index contributed by atoms with van der Waals surface area (Å²) in [5, 5.41) is 11.2. The molecule has 3 aromatic rings. The number of benzene rings is 3. The number of nitro groups is 1. The highest BCUT2D eigenvalue weighted by Crippen LogP contribution is 2.26. The topological polar surface area (TPSA) is 93.0 Å². The lowest BCUT2D eigenvalue weighted by atomic mass is 9.89. The molecule has 9 heteroatoms. The predicted molar refractivity (Wildman–Crippen MR) is 138 cm³/mol. The van der Waals surface area contributed by atoms with E-state index in [2.05, 4.69) is 4.90 Å². The minimum Gasteiger partial charge on any atom is -0.497 e. The molecule has 1 saturated heterocycles. The number of Topliss-reactive ketones (excluding diaryl/α,β-unsaturated/α-hetero) is 1. The Balaban J connectivity index is 1.45. The molecule has 37 heavy (non-hydrogen) atoms. The third-order valence-electron chi connectivity index (χ3n) is 6.64. The van der Waals surface area contributed by atoms with E-state index in [4.69, 9.17) is 4.74 Å². The van der Waals surface area contributed by atoms with Gasteiger partial charge in [0.05, 0.1) is 12.0 Å². The Hall–Kier alpha value is -4.11. The number of piperidine rings is 1. The Bertz CT molecular complexity index is 1270. The minimum absolute atomic E-state index is 0.0264. The number of nitro benzene ring substituents is 1. The van der Waals surface area contributed by atoms with Gasteiger partial charge < -0.3 is 14.5 Å². The van der Waals surface area contributed by atoms with Crippen molar-refractivity contribution in [1.82, 2.24) is 4.90 Å². The molecule has 0 N–H and O–H groups in total. The van der Waals surface area contributed by atoms with Crippen LogP contribution in [0.1, 0.15) is 33.6 Å². The van der Waals surface area contributed by atoms with Gasteiger partial charge in [-0.15, -0.1) is 0 Å². The highest BCUT2D eigenvalue weighted by Gasteiger charge is 2.27. The standard InChI is InChI=1S/C28H28FN3O5/c1-37-26-7-3-5-24(19-26)31(28(34)22-4-2-6-25(18-22)32(35)36)17-16-30-14-12-21(13-15-30)27(33)20-8-10-23(29)11-9-20/h2-11,18-19,21H,12-17H2,1H3. The summed E-state index contributed by atoms with van der Waals surface area (Å²) in [6.07, 6.45) is 1.35. The van der Waals surface area contributed by atoms with E-state index in [0.29, 0.717) is 56.0 Å². The summed E-state index contributed by atoms with van der Waals surface area (Å²) < 4.78 is 18.5. The lowest BCUT2D eigenvalue weighted by Gasteiger charge is -2.33. The molecule has 1 fully saturated rings. The van der Waals surface area contributed by atoms with Crippen molar-refractivity contribution >= 4 is 23.1 Å². The molecule has 0 saturated carbocycles. The van der Waals surface area contributed by atoms with Crippen LogP contribution in [0.3, 0.4) is 0 Å². The molecular weight excluding hydrogens is 477 g/mol. The third kappa shape index (κ3) is 6.37. The SMILES string of the molecule is COc1cccc(N(CCN2CCC(C(=O)c3ccc(F)cc3)CC2)C(=O)c2cccc([N+](=O)[O-])c2)c1.